The molecule has 3 aromatic heterocycles. The van der Waals surface area contributed by atoms with Gasteiger partial charge in [0.25, 0.3) is 0 Å². The van der Waals surface area contributed by atoms with Gasteiger partial charge in [-0.3, -0.25) is 15.5 Å². The molecule has 3 rings (SSSR count). The maximum Gasteiger partial charge on any atom is 0.337 e. The predicted molar refractivity (Wildman–Crippen MR) is 83.2 cm³/mol. The van der Waals surface area contributed by atoms with Gasteiger partial charge >= 0.3 is 6.03 Å². The first-order chi connectivity index (χ1) is 11.0. The summed E-state index contributed by atoms with van der Waals surface area (Å²) in [5, 5.41) is 7.56. The molecular formula is C14H14FN7O. The van der Waals surface area contributed by atoms with Crippen LogP contribution in [0.15, 0.2) is 30.6 Å². The highest BCUT2D eigenvalue weighted by Gasteiger charge is 2.08. The van der Waals surface area contributed by atoms with E-state index in [1.807, 2.05) is 6.92 Å². The summed E-state index contributed by atoms with van der Waals surface area (Å²) in [4.78, 5) is 19.6. The highest BCUT2D eigenvalue weighted by Crippen LogP contribution is 2.18. The second-order valence-electron chi connectivity index (χ2n) is 4.90. The molecule has 3 aromatic rings. The van der Waals surface area contributed by atoms with Crippen LogP contribution in [0.4, 0.5) is 20.7 Å². The average molecular weight is 315 g/mol. The van der Waals surface area contributed by atoms with Gasteiger partial charge in [0.05, 0.1) is 6.20 Å². The number of aromatic nitrogens is 4. The summed E-state index contributed by atoms with van der Waals surface area (Å²) in [5.74, 6) is -0.204. The highest BCUT2D eigenvalue weighted by molar-refractivity contribution is 5.90. The zero-order valence-corrected chi connectivity index (χ0v) is 12.5. The lowest BCUT2D eigenvalue weighted by molar-refractivity contribution is 0.254. The number of rotatable bonds is 3. The number of carbonyl (C=O) groups excluding carboxylic acids is 1. The van der Waals surface area contributed by atoms with Crippen LogP contribution in [0.2, 0.25) is 0 Å². The van der Waals surface area contributed by atoms with Crippen molar-refractivity contribution in [2.45, 2.75) is 6.92 Å². The molecule has 3 heterocycles. The van der Waals surface area contributed by atoms with Crippen molar-refractivity contribution >= 4 is 28.6 Å². The fraction of sp³-hybridized carbons (Fsp3) is 0.143. The Hall–Kier alpha value is -3.23. The predicted octanol–water partition coefficient (Wildman–Crippen LogP) is 1.96. The van der Waals surface area contributed by atoms with Gasteiger partial charge in [-0.25, -0.2) is 14.8 Å². The molecule has 23 heavy (non-hydrogen) atoms. The Morgan fingerprint density at radius 1 is 1.35 bits per heavy atom. The Labute approximate surface area is 130 Å². The lowest BCUT2D eigenvalue weighted by Crippen LogP contribution is -2.34. The molecule has 0 aliphatic heterocycles. The number of amides is 2. The molecule has 0 unspecified atom stereocenters. The summed E-state index contributed by atoms with van der Waals surface area (Å²) in [6, 6.07) is 3.83. The fourth-order valence-corrected chi connectivity index (χ4v) is 2.10. The van der Waals surface area contributed by atoms with E-state index in [2.05, 4.69) is 31.2 Å². The van der Waals surface area contributed by atoms with Crippen LogP contribution in [0.3, 0.4) is 0 Å². The molecule has 0 atom stereocenters. The van der Waals surface area contributed by atoms with Crippen molar-refractivity contribution in [3.63, 3.8) is 0 Å². The van der Waals surface area contributed by atoms with Gasteiger partial charge in [0, 0.05) is 30.4 Å². The van der Waals surface area contributed by atoms with Crippen molar-refractivity contribution in [3.05, 3.63) is 42.1 Å². The Bertz CT molecular complexity index is 877. The van der Waals surface area contributed by atoms with E-state index in [9.17, 15) is 9.18 Å². The van der Waals surface area contributed by atoms with E-state index >= 15 is 0 Å². The molecule has 9 heteroatoms. The summed E-state index contributed by atoms with van der Waals surface area (Å²) in [6.45, 7) is 1.93. The number of pyridine rings is 2. The third-order valence-corrected chi connectivity index (χ3v) is 3.20. The van der Waals surface area contributed by atoms with Gasteiger partial charge in [0.1, 0.15) is 5.82 Å². The number of fused-ring (bicyclic) bond motifs is 1. The third kappa shape index (κ3) is 3.18. The standard InChI is InChI=1S/C14H14FN7O/c1-8-5-12(19-13-10(8)7-17-22(13)2)20-21-14(23)18-9-3-4-16-11(15)6-9/h3-7H,1-2H3,(H,19,20)(H2,16,18,21,23). The second-order valence-corrected chi connectivity index (χ2v) is 4.90. The maximum atomic E-state index is 13.0. The molecule has 0 bridgehead atoms. The molecule has 0 aliphatic rings. The first-order valence-electron chi connectivity index (χ1n) is 6.77. The quantitative estimate of drug-likeness (QED) is 0.507. The van der Waals surface area contributed by atoms with Gasteiger partial charge in [0.15, 0.2) is 5.65 Å². The first kappa shape index (κ1) is 14.7. The van der Waals surface area contributed by atoms with E-state index in [0.717, 1.165) is 17.0 Å². The largest absolute Gasteiger partial charge is 0.337 e. The van der Waals surface area contributed by atoms with Gasteiger partial charge in [-0.15, -0.1) is 0 Å². The fourth-order valence-electron chi connectivity index (χ4n) is 2.10. The van der Waals surface area contributed by atoms with Crippen LogP contribution >= 0.6 is 0 Å². The Kier molecular flexibility index (Phi) is 3.75. The number of hydrogen-bond donors (Lipinski definition) is 3. The second kappa shape index (κ2) is 5.87. The molecule has 0 fully saturated rings. The minimum atomic E-state index is -0.672. The van der Waals surface area contributed by atoms with Crippen molar-refractivity contribution in [2.24, 2.45) is 7.05 Å². The van der Waals surface area contributed by atoms with Crippen molar-refractivity contribution in [1.82, 2.24) is 25.2 Å². The molecule has 118 valence electrons. The van der Waals surface area contributed by atoms with Crippen LogP contribution in [-0.4, -0.2) is 25.8 Å². The van der Waals surface area contributed by atoms with E-state index in [0.29, 0.717) is 17.2 Å². The van der Waals surface area contributed by atoms with Crippen LogP contribution < -0.4 is 16.2 Å². The Morgan fingerprint density at radius 3 is 2.96 bits per heavy atom. The van der Waals surface area contributed by atoms with Crippen molar-refractivity contribution in [2.75, 3.05) is 10.7 Å². The number of halogens is 1. The van der Waals surface area contributed by atoms with Gasteiger partial charge in [-0.05, 0) is 24.6 Å². The summed E-state index contributed by atoms with van der Waals surface area (Å²) >= 11 is 0. The molecule has 2 amide bonds. The Balaban J connectivity index is 1.68. The lowest BCUT2D eigenvalue weighted by atomic mass is 10.2. The van der Waals surface area contributed by atoms with Crippen LogP contribution in [0, 0.1) is 12.9 Å². The number of aryl methyl sites for hydroxylation is 2. The van der Waals surface area contributed by atoms with Crippen LogP contribution in [0.1, 0.15) is 5.56 Å². The van der Waals surface area contributed by atoms with Gasteiger partial charge < -0.3 is 5.32 Å². The van der Waals surface area contributed by atoms with Crippen molar-refractivity contribution in [3.8, 4) is 0 Å². The normalized spacial score (nSPS) is 10.6. The molecule has 0 aromatic carbocycles. The number of urea groups is 1. The van der Waals surface area contributed by atoms with E-state index in [4.69, 9.17) is 0 Å². The number of hydrogen-bond acceptors (Lipinski definition) is 5. The van der Waals surface area contributed by atoms with Crippen LogP contribution in [0.5, 0.6) is 0 Å². The smallest absolute Gasteiger partial charge is 0.306 e. The molecule has 3 N–H and O–H groups in total. The zero-order chi connectivity index (χ0) is 16.4. The lowest BCUT2D eigenvalue weighted by Gasteiger charge is -2.10. The number of hydrazine groups is 1. The van der Waals surface area contributed by atoms with E-state index in [-0.39, 0.29) is 0 Å². The first-order valence-corrected chi connectivity index (χ1v) is 6.77. The molecule has 0 radical (unpaired) electrons. The monoisotopic (exact) mass is 315 g/mol. The van der Waals surface area contributed by atoms with E-state index in [1.54, 1.807) is 24.0 Å². The zero-order valence-electron chi connectivity index (χ0n) is 12.5. The maximum absolute atomic E-state index is 13.0. The highest BCUT2D eigenvalue weighted by atomic mass is 19.1. The Morgan fingerprint density at radius 2 is 2.17 bits per heavy atom. The number of nitrogens with zero attached hydrogens (tertiary/aromatic N) is 4. The summed E-state index contributed by atoms with van der Waals surface area (Å²) in [6.07, 6.45) is 3.00. The summed E-state index contributed by atoms with van der Waals surface area (Å²) in [7, 11) is 1.79. The number of anilines is 2. The average Bonchev–Trinajstić information content (AvgIpc) is 2.87. The minimum Gasteiger partial charge on any atom is -0.306 e. The van der Waals surface area contributed by atoms with E-state index in [1.165, 1.54) is 12.3 Å². The topological polar surface area (TPSA) is 96.8 Å². The van der Waals surface area contributed by atoms with Gasteiger partial charge in [-0.1, -0.05) is 0 Å². The molecule has 0 aliphatic carbocycles. The molecule has 8 nitrogen and oxygen atoms in total. The third-order valence-electron chi connectivity index (χ3n) is 3.20. The summed E-state index contributed by atoms with van der Waals surface area (Å²) < 4.78 is 14.6. The molecular weight excluding hydrogens is 301 g/mol. The van der Waals surface area contributed by atoms with Crippen molar-refractivity contribution in [1.29, 1.82) is 0 Å². The summed E-state index contributed by atoms with van der Waals surface area (Å²) in [5.41, 5.74) is 7.11. The molecule has 0 saturated carbocycles. The van der Waals surface area contributed by atoms with Gasteiger partial charge in [0.2, 0.25) is 5.95 Å². The van der Waals surface area contributed by atoms with Crippen molar-refractivity contribution < 1.29 is 9.18 Å². The van der Waals surface area contributed by atoms with Crippen LogP contribution in [0.25, 0.3) is 11.0 Å². The molecule has 0 saturated heterocycles. The van der Waals surface area contributed by atoms with E-state index < -0.39 is 12.0 Å². The number of carbonyl (C=O) groups is 1. The number of nitrogens with one attached hydrogen (secondary N) is 3. The van der Waals surface area contributed by atoms with Crippen LogP contribution in [-0.2, 0) is 7.05 Å². The minimum absolute atomic E-state index is 0.294. The SMILES string of the molecule is Cc1cc(NNC(=O)Nc2ccnc(F)c2)nc2c1cnn2C. The van der Waals surface area contributed by atoms with Gasteiger partial charge in [-0.2, -0.15) is 9.49 Å². The molecule has 0 spiro atoms.